The highest BCUT2D eigenvalue weighted by Gasteiger charge is 2.17. The Morgan fingerprint density at radius 3 is 2.75 bits per heavy atom. The van der Waals surface area contributed by atoms with Crippen molar-refractivity contribution in [3.63, 3.8) is 0 Å². The van der Waals surface area contributed by atoms with Crippen molar-refractivity contribution in [3.05, 3.63) is 74.8 Å². The fourth-order valence-electron chi connectivity index (χ4n) is 3.55. The Labute approximate surface area is 168 Å². The maximum atomic E-state index is 14.3. The van der Waals surface area contributed by atoms with E-state index in [0.717, 1.165) is 18.4 Å². The van der Waals surface area contributed by atoms with Gasteiger partial charge in [-0.05, 0) is 35.7 Å². The SMILES string of the molecule is CCC[C@@H](CO)n1ccc(=O)c2cc(Cc3cccc(Cl)c3F)cc(OC)c21. The summed E-state index contributed by atoms with van der Waals surface area (Å²) in [6, 6.07) is 9.77. The van der Waals surface area contributed by atoms with Crippen molar-refractivity contribution in [3.8, 4) is 5.75 Å². The zero-order valence-electron chi connectivity index (χ0n) is 15.9. The molecule has 0 radical (unpaired) electrons. The quantitative estimate of drug-likeness (QED) is 0.620. The van der Waals surface area contributed by atoms with E-state index in [1.165, 1.54) is 19.2 Å². The summed E-state index contributed by atoms with van der Waals surface area (Å²) < 4.78 is 21.8. The third kappa shape index (κ3) is 3.91. The van der Waals surface area contributed by atoms with E-state index in [0.29, 0.717) is 22.2 Å². The van der Waals surface area contributed by atoms with E-state index < -0.39 is 5.82 Å². The largest absolute Gasteiger partial charge is 0.495 e. The Kier molecular flexibility index (Phi) is 6.37. The number of rotatable bonds is 7. The summed E-state index contributed by atoms with van der Waals surface area (Å²) in [5, 5.41) is 10.4. The van der Waals surface area contributed by atoms with Gasteiger partial charge in [0.1, 0.15) is 11.6 Å². The van der Waals surface area contributed by atoms with Gasteiger partial charge in [0.15, 0.2) is 5.43 Å². The molecule has 1 heterocycles. The summed E-state index contributed by atoms with van der Waals surface area (Å²) >= 11 is 5.88. The zero-order valence-corrected chi connectivity index (χ0v) is 16.7. The third-order valence-corrected chi connectivity index (χ3v) is 5.21. The molecule has 0 saturated heterocycles. The van der Waals surface area contributed by atoms with Gasteiger partial charge >= 0.3 is 0 Å². The molecule has 28 heavy (non-hydrogen) atoms. The minimum Gasteiger partial charge on any atom is -0.495 e. The number of aromatic nitrogens is 1. The molecule has 6 heteroatoms. The fraction of sp³-hybridized carbons (Fsp3) is 0.318. The Bertz CT molecular complexity index is 1050. The average molecular weight is 404 g/mol. The standard InChI is InChI=1S/C22H23ClFNO3/c1-3-5-16(13-26)25-9-8-19(27)17-11-14(12-20(28-2)22(17)25)10-15-6-4-7-18(23)21(15)24/h4,6-9,11-12,16,26H,3,5,10,13H2,1-2H3/t16-/m0/s1. The number of nitrogens with zero attached hydrogens (tertiary/aromatic N) is 1. The van der Waals surface area contributed by atoms with Crippen LogP contribution in [0.3, 0.4) is 0 Å². The Morgan fingerprint density at radius 1 is 1.29 bits per heavy atom. The zero-order chi connectivity index (χ0) is 20.3. The second-order valence-corrected chi connectivity index (χ2v) is 7.20. The van der Waals surface area contributed by atoms with E-state index in [2.05, 4.69) is 0 Å². The van der Waals surface area contributed by atoms with Gasteiger partial charge in [0.25, 0.3) is 0 Å². The lowest BCUT2D eigenvalue weighted by atomic mass is 10.0. The molecule has 3 aromatic rings. The predicted molar refractivity (Wildman–Crippen MR) is 110 cm³/mol. The minimum atomic E-state index is -0.461. The van der Waals surface area contributed by atoms with E-state index in [4.69, 9.17) is 16.3 Å². The Morgan fingerprint density at radius 2 is 2.07 bits per heavy atom. The number of halogens is 2. The van der Waals surface area contributed by atoms with Crippen LogP contribution in [0.25, 0.3) is 10.9 Å². The first-order chi connectivity index (χ1) is 13.5. The summed E-state index contributed by atoms with van der Waals surface area (Å²) in [4.78, 5) is 12.6. The molecule has 0 amide bonds. The number of pyridine rings is 1. The number of aliphatic hydroxyl groups excluding tert-OH is 1. The van der Waals surface area contributed by atoms with Crippen LogP contribution < -0.4 is 10.2 Å². The molecule has 0 aliphatic heterocycles. The molecule has 148 valence electrons. The van der Waals surface area contributed by atoms with E-state index in [1.807, 2.05) is 11.5 Å². The maximum Gasteiger partial charge on any atom is 0.189 e. The highest BCUT2D eigenvalue weighted by Crippen LogP contribution is 2.31. The van der Waals surface area contributed by atoms with Crippen LogP contribution in [-0.4, -0.2) is 23.4 Å². The van der Waals surface area contributed by atoms with Gasteiger partial charge in [0.05, 0.1) is 30.3 Å². The first-order valence-corrected chi connectivity index (χ1v) is 9.63. The minimum absolute atomic E-state index is 0.0373. The second-order valence-electron chi connectivity index (χ2n) is 6.80. The third-order valence-electron chi connectivity index (χ3n) is 4.92. The van der Waals surface area contributed by atoms with Crippen LogP contribution in [0.2, 0.25) is 5.02 Å². The van der Waals surface area contributed by atoms with Gasteiger partial charge < -0.3 is 14.4 Å². The van der Waals surface area contributed by atoms with Crippen LogP contribution in [0.15, 0.2) is 47.4 Å². The van der Waals surface area contributed by atoms with Crippen molar-refractivity contribution in [2.24, 2.45) is 0 Å². The number of hydrogen-bond donors (Lipinski definition) is 1. The molecule has 0 saturated carbocycles. The second kappa shape index (κ2) is 8.76. The maximum absolute atomic E-state index is 14.3. The van der Waals surface area contributed by atoms with Crippen LogP contribution in [0, 0.1) is 5.82 Å². The van der Waals surface area contributed by atoms with Crippen LogP contribution in [0.1, 0.15) is 36.9 Å². The average Bonchev–Trinajstić information content (AvgIpc) is 2.70. The van der Waals surface area contributed by atoms with Gasteiger partial charge in [0.2, 0.25) is 0 Å². The van der Waals surface area contributed by atoms with Crippen molar-refractivity contribution >= 4 is 22.5 Å². The van der Waals surface area contributed by atoms with Gasteiger partial charge in [0, 0.05) is 24.1 Å². The molecule has 0 spiro atoms. The lowest BCUT2D eigenvalue weighted by Crippen LogP contribution is -2.17. The first kappa shape index (κ1) is 20.4. The summed E-state index contributed by atoms with van der Waals surface area (Å²) in [7, 11) is 1.54. The lowest BCUT2D eigenvalue weighted by Gasteiger charge is -2.22. The van der Waals surface area contributed by atoms with Gasteiger partial charge in [-0.15, -0.1) is 0 Å². The highest BCUT2D eigenvalue weighted by atomic mass is 35.5. The van der Waals surface area contributed by atoms with E-state index >= 15 is 0 Å². The number of fused-ring (bicyclic) bond motifs is 1. The molecular weight excluding hydrogens is 381 g/mol. The summed E-state index contributed by atoms with van der Waals surface area (Å²) in [5.74, 6) is 0.0548. The molecule has 0 unspecified atom stereocenters. The lowest BCUT2D eigenvalue weighted by molar-refractivity contribution is 0.222. The molecular formula is C22H23ClFNO3. The number of aliphatic hydroxyl groups is 1. The molecule has 0 aliphatic rings. The molecule has 1 aromatic heterocycles. The van der Waals surface area contributed by atoms with Crippen LogP contribution >= 0.6 is 11.6 Å². The molecule has 0 bridgehead atoms. The van der Waals surface area contributed by atoms with Crippen molar-refractivity contribution in [2.75, 3.05) is 13.7 Å². The molecule has 4 nitrogen and oxygen atoms in total. The van der Waals surface area contributed by atoms with Crippen LogP contribution in [0.5, 0.6) is 5.75 Å². The smallest absolute Gasteiger partial charge is 0.189 e. The molecule has 2 aromatic carbocycles. The number of ether oxygens (including phenoxy) is 1. The van der Waals surface area contributed by atoms with E-state index in [1.54, 1.807) is 30.5 Å². The van der Waals surface area contributed by atoms with Crippen molar-refractivity contribution in [1.29, 1.82) is 0 Å². The van der Waals surface area contributed by atoms with Crippen molar-refractivity contribution in [2.45, 2.75) is 32.2 Å². The number of benzene rings is 2. The molecule has 0 aliphatic carbocycles. The number of hydrogen-bond acceptors (Lipinski definition) is 3. The summed E-state index contributed by atoms with van der Waals surface area (Å²) in [5.41, 5.74) is 1.68. The molecule has 0 fully saturated rings. The molecule has 1 N–H and O–H groups in total. The van der Waals surface area contributed by atoms with Gasteiger partial charge in [-0.25, -0.2) is 4.39 Å². The summed E-state index contributed by atoms with van der Waals surface area (Å²) in [6.07, 6.45) is 3.64. The topological polar surface area (TPSA) is 51.5 Å². The first-order valence-electron chi connectivity index (χ1n) is 9.25. The molecule has 3 rings (SSSR count). The van der Waals surface area contributed by atoms with Gasteiger partial charge in [-0.2, -0.15) is 0 Å². The highest BCUT2D eigenvalue weighted by molar-refractivity contribution is 6.30. The predicted octanol–water partition coefficient (Wildman–Crippen LogP) is 4.73. The Hall–Kier alpha value is -2.37. The normalized spacial score (nSPS) is 12.3. The van der Waals surface area contributed by atoms with Crippen molar-refractivity contribution < 1.29 is 14.2 Å². The summed E-state index contributed by atoms with van der Waals surface area (Å²) in [6.45, 7) is 2.01. The fourth-order valence-corrected chi connectivity index (χ4v) is 3.74. The Balaban J connectivity index is 2.17. The van der Waals surface area contributed by atoms with Crippen LogP contribution in [0.4, 0.5) is 4.39 Å². The van der Waals surface area contributed by atoms with E-state index in [-0.39, 0.29) is 29.5 Å². The van der Waals surface area contributed by atoms with Gasteiger partial charge in [-0.3, -0.25) is 4.79 Å². The van der Waals surface area contributed by atoms with Gasteiger partial charge in [-0.1, -0.05) is 37.1 Å². The monoisotopic (exact) mass is 403 g/mol. The van der Waals surface area contributed by atoms with Crippen molar-refractivity contribution in [1.82, 2.24) is 4.57 Å². The van der Waals surface area contributed by atoms with Crippen LogP contribution in [-0.2, 0) is 6.42 Å². The molecule has 1 atom stereocenters. The number of methoxy groups -OCH3 is 1. The van der Waals surface area contributed by atoms with E-state index in [9.17, 15) is 14.3 Å².